The third-order valence-electron chi connectivity index (χ3n) is 3.92. The number of rotatable bonds is 3. The molecule has 1 aliphatic rings. The van der Waals surface area contributed by atoms with Gasteiger partial charge in [0, 0.05) is 29.2 Å². The van der Waals surface area contributed by atoms with Gasteiger partial charge < -0.3 is 4.90 Å². The molecule has 1 saturated heterocycles. The average Bonchev–Trinajstić information content (AvgIpc) is 2.80. The lowest BCUT2D eigenvalue weighted by Crippen LogP contribution is -2.38. The fraction of sp³-hybridized carbons (Fsp3) is 0.615. The summed E-state index contributed by atoms with van der Waals surface area (Å²) in [4.78, 5) is 14.3. The van der Waals surface area contributed by atoms with Crippen LogP contribution in [0, 0.1) is 12.8 Å². The van der Waals surface area contributed by atoms with Gasteiger partial charge in [0.15, 0.2) is 0 Å². The van der Waals surface area contributed by atoms with Crippen molar-refractivity contribution in [1.29, 1.82) is 0 Å². The maximum atomic E-state index is 12.5. The van der Waals surface area contributed by atoms with Crippen LogP contribution in [0.2, 0.25) is 0 Å². The van der Waals surface area contributed by atoms with Crippen molar-refractivity contribution in [2.24, 2.45) is 5.92 Å². The van der Waals surface area contributed by atoms with E-state index >= 15 is 0 Å². The van der Waals surface area contributed by atoms with E-state index in [4.69, 9.17) is 10.7 Å². The van der Waals surface area contributed by atoms with Gasteiger partial charge in [-0.25, -0.2) is 8.42 Å². The van der Waals surface area contributed by atoms with Gasteiger partial charge in [-0.2, -0.15) is 0 Å². The Morgan fingerprint density at radius 3 is 2.50 bits per heavy atom. The van der Waals surface area contributed by atoms with Gasteiger partial charge in [0.05, 0.1) is 5.56 Å². The average molecular weight is 336 g/mol. The monoisotopic (exact) mass is 335 g/mol. The van der Waals surface area contributed by atoms with Crippen LogP contribution in [0.1, 0.15) is 42.1 Å². The Kier molecular flexibility index (Phi) is 4.76. The predicted molar refractivity (Wildman–Crippen MR) is 81.0 cm³/mol. The molecule has 1 fully saturated rings. The molecule has 0 aliphatic carbocycles. The Bertz CT molecular complexity index is 601. The Hall–Kier alpha value is -0.590. The maximum Gasteiger partial charge on any atom is 0.271 e. The quantitative estimate of drug-likeness (QED) is 0.797. The molecule has 0 atom stereocenters. The minimum Gasteiger partial charge on any atom is -0.339 e. The van der Waals surface area contributed by atoms with E-state index in [1.807, 2.05) is 4.90 Å². The summed E-state index contributed by atoms with van der Waals surface area (Å²) in [6.07, 6.45) is 3.19. The standard InChI is InChI=1S/C13H18ClNO3S2/c1-3-10-4-6-15(7-5-10)12(16)11-8-19-13(9(11)2)20(14,17)18/h8,10H,3-7H2,1-2H3. The number of hydrogen-bond donors (Lipinski definition) is 0. The minimum atomic E-state index is -3.77. The molecule has 1 amide bonds. The van der Waals surface area contributed by atoms with Crippen molar-refractivity contribution in [1.82, 2.24) is 4.90 Å². The molecule has 0 bridgehead atoms. The van der Waals surface area contributed by atoms with E-state index in [0.29, 0.717) is 17.0 Å². The number of nitrogens with zero attached hydrogens (tertiary/aromatic N) is 1. The summed E-state index contributed by atoms with van der Waals surface area (Å²) in [6.45, 7) is 5.30. The maximum absolute atomic E-state index is 12.5. The van der Waals surface area contributed by atoms with Crippen molar-refractivity contribution in [3.63, 3.8) is 0 Å². The molecule has 20 heavy (non-hydrogen) atoms. The van der Waals surface area contributed by atoms with E-state index in [1.165, 1.54) is 0 Å². The van der Waals surface area contributed by atoms with E-state index in [1.54, 1.807) is 12.3 Å². The first-order chi connectivity index (χ1) is 9.34. The molecule has 2 rings (SSSR count). The summed E-state index contributed by atoms with van der Waals surface area (Å²) in [7, 11) is 1.59. The van der Waals surface area contributed by atoms with E-state index in [0.717, 1.165) is 43.7 Å². The lowest BCUT2D eigenvalue weighted by Gasteiger charge is -2.31. The van der Waals surface area contributed by atoms with Crippen LogP contribution in [-0.4, -0.2) is 32.3 Å². The van der Waals surface area contributed by atoms with E-state index < -0.39 is 9.05 Å². The first-order valence-electron chi connectivity index (χ1n) is 6.66. The fourth-order valence-electron chi connectivity index (χ4n) is 2.56. The summed E-state index contributed by atoms with van der Waals surface area (Å²) in [5, 5.41) is 1.60. The number of halogens is 1. The van der Waals surface area contributed by atoms with Crippen molar-refractivity contribution in [2.75, 3.05) is 13.1 Å². The van der Waals surface area contributed by atoms with Crippen LogP contribution in [-0.2, 0) is 9.05 Å². The van der Waals surface area contributed by atoms with Gasteiger partial charge >= 0.3 is 0 Å². The van der Waals surface area contributed by atoms with Crippen molar-refractivity contribution < 1.29 is 13.2 Å². The highest BCUT2D eigenvalue weighted by molar-refractivity contribution is 8.15. The Balaban J connectivity index is 2.17. The number of amides is 1. The van der Waals surface area contributed by atoms with Gasteiger partial charge in [0.2, 0.25) is 0 Å². The van der Waals surface area contributed by atoms with Gasteiger partial charge in [-0.1, -0.05) is 13.3 Å². The molecule has 0 saturated carbocycles. The molecule has 1 aromatic rings. The van der Waals surface area contributed by atoms with Crippen LogP contribution in [0.4, 0.5) is 0 Å². The number of piperidine rings is 1. The molecule has 112 valence electrons. The normalized spacial score (nSPS) is 17.4. The number of carbonyl (C=O) groups excluding carboxylic acids is 1. The molecule has 7 heteroatoms. The van der Waals surface area contributed by atoms with Gasteiger partial charge in [0.25, 0.3) is 15.0 Å². The predicted octanol–water partition coefficient (Wildman–Crippen LogP) is 3.25. The van der Waals surface area contributed by atoms with Crippen LogP contribution >= 0.6 is 22.0 Å². The summed E-state index contributed by atoms with van der Waals surface area (Å²) in [5.74, 6) is 0.612. The van der Waals surface area contributed by atoms with Gasteiger partial charge in [-0.15, -0.1) is 11.3 Å². The zero-order valence-electron chi connectivity index (χ0n) is 11.6. The van der Waals surface area contributed by atoms with Crippen molar-refractivity contribution >= 4 is 37.0 Å². The molecule has 1 aromatic heterocycles. The van der Waals surface area contributed by atoms with E-state index in [9.17, 15) is 13.2 Å². The second-order valence-electron chi connectivity index (χ2n) is 5.14. The third kappa shape index (κ3) is 3.18. The molecule has 4 nitrogen and oxygen atoms in total. The molecule has 1 aliphatic heterocycles. The molecule has 2 heterocycles. The van der Waals surface area contributed by atoms with E-state index in [2.05, 4.69) is 6.92 Å². The Labute approximate surface area is 128 Å². The van der Waals surface area contributed by atoms with Crippen molar-refractivity contribution in [2.45, 2.75) is 37.3 Å². The SMILES string of the molecule is CCC1CCN(C(=O)c2csc(S(=O)(=O)Cl)c2C)CC1. The number of likely N-dealkylation sites (tertiary alicyclic amines) is 1. The number of hydrogen-bond acceptors (Lipinski definition) is 4. The van der Waals surface area contributed by atoms with Gasteiger partial charge in [-0.05, 0) is 31.2 Å². The van der Waals surface area contributed by atoms with Gasteiger partial charge in [-0.3, -0.25) is 4.79 Å². The molecule has 0 N–H and O–H groups in total. The largest absolute Gasteiger partial charge is 0.339 e. The van der Waals surface area contributed by atoms with Crippen LogP contribution in [0.15, 0.2) is 9.59 Å². The summed E-state index contributed by atoms with van der Waals surface area (Å²) < 4.78 is 22.9. The number of thiophene rings is 1. The first kappa shape index (κ1) is 15.8. The van der Waals surface area contributed by atoms with Crippen LogP contribution in [0.5, 0.6) is 0 Å². The van der Waals surface area contributed by atoms with Crippen molar-refractivity contribution in [3.05, 3.63) is 16.5 Å². The van der Waals surface area contributed by atoms with Gasteiger partial charge in [0.1, 0.15) is 4.21 Å². The second-order valence-corrected chi connectivity index (χ2v) is 8.78. The van der Waals surface area contributed by atoms with Crippen molar-refractivity contribution in [3.8, 4) is 0 Å². The summed E-state index contributed by atoms with van der Waals surface area (Å²) in [6, 6.07) is 0. The molecular formula is C13H18ClNO3S2. The molecule has 0 unspecified atom stereocenters. The molecule has 0 spiro atoms. The molecular weight excluding hydrogens is 318 g/mol. The van der Waals surface area contributed by atoms with Crippen LogP contribution in [0.3, 0.4) is 0 Å². The Morgan fingerprint density at radius 1 is 1.45 bits per heavy atom. The summed E-state index contributed by atoms with van der Waals surface area (Å²) in [5.41, 5.74) is 0.928. The lowest BCUT2D eigenvalue weighted by atomic mass is 9.94. The number of carbonyl (C=O) groups is 1. The zero-order chi connectivity index (χ0) is 14.9. The zero-order valence-corrected chi connectivity index (χ0v) is 13.9. The lowest BCUT2D eigenvalue weighted by molar-refractivity contribution is 0.0688. The fourth-order valence-corrected chi connectivity index (χ4v) is 5.11. The third-order valence-corrected chi connectivity index (χ3v) is 7.23. The second kappa shape index (κ2) is 6.03. The molecule has 0 aromatic carbocycles. The van der Waals surface area contributed by atoms with Crippen LogP contribution in [0.25, 0.3) is 0 Å². The van der Waals surface area contributed by atoms with Crippen LogP contribution < -0.4 is 0 Å². The highest BCUT2D eigenvalue weighted by atomic mass is 35.7. The first-order valence-corrected chi connectivity index (χ1v) is 9.85. The Morgan fingerprint density at radius 2 is 2.05 bits per heavy atom. The highest BCUT2D eigenvalue weighted by Gasteiger charge is 2.27. The smallest absolute Gasteiger partial charge is 0.271 e. The molecule has 0 radical (unpaired) electrons. The summed E-state index contributed by atoms with van der Waals surface area (Å²) >= 11 is 1.01. The highest BCUT2D eigenvalue weighted by Crippen LogP contribution is 2.31. The van der Waals surface area contributed by atoms with E-state index in [-0.39, 0.29) is 10.1 Å². The topological polar surface area (TPSA) is 54.5 Å². The minimum absolute atomic E-state index is 0.0750.